The van der Waals surface area contributed by atoms with Gasteiger partial charge in [0.15, 0.2) is 0 Å². The minimum atomic E-state index is -0.917. The monoisotopic (exact) mass is 265 g/mol. The lowest BCUT2D eigenvalue weighted by Crippen LogP contribution is -2.29. The summed E-state index contributed by atoms with van der Waals surface area (Å²) in [7, 11) is 0. The molecule has 0 aliphatic rings. The summed E-state index contributed by atoms with van der Waals surface area (Å²) in [5.74, 6) is -0.917. The second-order valence-corrected chi connectivity index (χ2v) is 6.05. The Kier molecular flexibility index (Phi) is 5.51. The third kappa shape index (κ3) is 6.36. The molecule has 1 atom stereocenters. The van der Waals surface area contributed by atoms with Crippen LogP contribution in [0.15, 0.2) is 24.3 Å². The average Bonchev–Trinajstić information content (AvgIpc) is 2.27. The second kappa shape index (κ2) is 6.68. The Labute approximate surface area is 114 Å². The maximum absolute atomic E-state index is 10.7. The average molecular weight is 265 g/mol. The van der Waals surface area contributed by atoms with Gasteiger partial charge in [-0.05, 0) is 29.5 Å². The molecule has 1 unspecified atom stereocenters. The van der Waals surface area contributed by atoms with E-state index in [-0.39, 0.29) is 17.1 Å². The van der Waals surface area contributed by atoms with E-state index in [9.17, 15) is 9.90 Å². The van der Waals surface area contributed by atoms with Crippen molar-refractivity contribution in [2.45, 2.75) is 39.8 Å². The number of carboxylic acids is 1. The molecule has 0 spiro atoms. The SMILES string of the molecule is CC(C)(C)CC(O)CNCc1ccc(C(=O)O)cc1. The molecule has 1 aromatic carbocycles. The Morgan fingerprint density at radius 3 is 2.32 bits per heavy atom. The highest BCUT2D eigenvalue weighted by Crippen LogP contribution is 2.20. The van der Waals surface area contributed by atoms with Gasteiger partial charge in [-0.3, -0.25) is 0 Å². The smallest absolute Gasteiger partial charge is 0.335 e. The Hall–Kier alpha value is -1.39. The van der Waals surface area contributed by atoms with Crippen LogP contribution in [0.5, 0.6) is 0 Å². The third-order valence-corrected chi connectivity index (χ3v) is 2.76. The first kappa shape index (κ1) is 15.7. The minimum absolute atomic E-state index is 0.115. The maximum Gasteiger partial charge on any atom is 0.335 e. The number of hydrogen-bond acceptors (Lipinski definition) is 3. The van der Waals surface area contributed by atoms with Crippen molar-refractivity contribution in [2.75, 3.05) is 6.54 Å². The van der Waals surface area contributed by atoms with Gasteiger partial charge in [0.1, 0.15) is 0 Å². The van der Waals surface area contributed by atoms with Crippen molar-refractivity contribution < 1.29 is 15.0 Å². The molecular formula is C15H23NO3. The van der Waals surface area contributed by atoms with Gasteiger partial charge in [-0.1, -0.05) is 32.9 Å². The summed E-state index contributed by atoms with van der Waals surface area (Å²) < 4.78 is 0. The minimum Gasteiger partial charge on any atom is -0.478 e. The molecule has 0 aliphatic carbocycles. The van der Waals surface area contributed by atoms with E-state index in [1.165, 1.54) is 0 Å². The Morgan fingerprint density at radius 1 is 1.26 bits per heavy atom. The van der Waals surface area contributed by atoms with Crippen LogP contribution in [0.25, 0.3) is 0 Å². The van der Waals surface area contributed by atoms with Gasteiger partial charge < -0.3 is 15.5 Å². The predicted molar refractivity (Wildman–Crippen MR) is 75.2 cm³/mol. The van der Waals surface area contributed by atoms with E-state index >= 15 is 0 Å². The van der Waals surface area contributed by atoms with Crippen LogP contribution in [-0.4, -0.2) is 28.8 Å². The molecule has 0 amide bonds. The van der Waals surface area contributed by atoms with Crippen molar-refractivity contribution >= 4 is 5.97 Å². The molecule has 0 heterocycles. The lowest BCUT2D eigenvalue weighted by atomic mass is 9.89. The number of carbonyl (C=O) groups is 1. The fourth-order valence-electron chi connectivity index (χ4n) is 1.93. The van der Waals surface area contributed by atoms with Gasteiger partial charge in [-0.15, -0.1) is 0 Å². The molecule has 19 heavy (non-hydrogen) atoms. The van der Waals surface area contributed by atoms with Crippen LogP contribution >= 0.6 is 0 Å². The first-order valence-electron chi connectivity index (χ1n) is 6.49. The number of aliphatic hydroxyl groups is 1. The Balaban J connectivity index is 2.35. The Bertz CT molecular complexity index is 406. The van der Waals surface area contributed by atoms with Gasteiger partial charge in [0.25, 0.3) is 0 Å². The lowest BCUT2D eigenvalue weighted by molar-refractivity contribution is 0.0697. The zero-order valence-corrected chi connectivity index (χ0v) is 11.8. The summed E-state index contributed by atoms with van der Waals surface area (Å²) >= 11 is 0. The summed E-state index contributed by atoms with van der Waals surface area (Å²) in [6.45, 7) is 7.46. The van der Waals surface area contributed by atoms with E-state index in [0.29, 0.717) is 13.1 Å². The molecule has 4 nitrogen and oxygen atoms in total. The van der Waals surface area contributed by atoms with E-state index in [1.807, 2.05) is 0 Å². The van der Waals surface area contributed by atoms with Crippen LogP contribution < -0.4 is 5.32 Å². The number of aromatic carboxylic acids is 1. The Morgan fingerprint density at radius 2 is 1.84 bits per heavy atom. The lowest BCUT2D eigenvalue weighted by Gasteiger charge is -2.22. The predicted octanol–water partition coefficient (Wildman–Crippen LogP) is 2.27. The zero-order chi connectivity index (χ0) is 14.5. The molecule has 0 radical (unpaired) electrons. The van der Waals surface area contributed by atoms with E-state index < -0.39 is 5.97 Å². The fourth-order valence-corrected chi connectivity index (χ4v) is 1.93. The summed E-state index contributed by atoms with van der Waals surface area (Å²) in [5.41, 5.74) is 1.41. The molecule has 106 valence electrons. The molecule has 4 heteroatoms. The van der Waals surface area contributed by atoms with E-state index in [0.717, 1.165) is 12.0 Å². The normalized spacial score (nSPS) is 13.3. The number of hydrogen-bond donors (Lipinski definition) is 3. The molecule has 0 aromatic heterocycles. The van der Waals surface area contributed by atoms with Crippen LogP contribution in [0, 0.1) is 5.41 Å². The molecule has 0 fully saturated rings. The largest absolute Gasteiger partial charge is 0.478 e. The second-order valence-electron chi connectivity index (χ2n) is 6.05. The summed E-state index contributed by atoms with van der Waals surface area (Å²) in [5, 5.41) is 21.8. The van der Waals surface area contributed by atoms with E-state index in [4.69, 9.17) is 5.11 Å². The van der Waals surface area contributed by atoms with Crippen LogP contribution in [0.3, 0.4) is 0 Å². The molecular weight excluding hydrogens is 242 g/mol. The van der Waals surface area contributed by atoms with Crippen molar-refractivity contribution in [3.8, 4) is 0 Å². The highest BCUT2D eigenvalue weighted by Gasteiger charge is 2.16. The third-order valence-electron chi connectivity index (χ3n) is 2.76. The number of benzene rings is 1. The number of nitrogens with one attached hydrogen (secondary N) is 1. The highest BCUT2D eigenvalue weighted by atomic mass is 16.4. The molecule has 3 N–H and O–H groups in total. The first-order valence-corrected chi connectivity index (χ1v) is 6.49. The van der Waals surface area contributed by atoms with Crippen LogP contribution in [0.2, 0.25) is 0 Å². The van der Waals surface area contributed by atoms with Crippen LogP contribution in [0.1, 0.15) is 43.1 Å². The van der Waals surface area contributed by atoms with Gasteiger partial charge in [0.05, 0.1) is 11.7 Å². The quantitative estimate of drug-likeness (QED) is 0.738. The van der Waals surface area contributed by atoms with E-state index in [1.54, 1.807) is 24.3 Å². The maximum atomic E-state index is 10.7. The first-order chi connectivity index (χ1) is 8.78. The summed E-state index contributed by atoms with van der Waals surface area (Å²) in [6, 6.07) is 6.75. The standard InChI is InChI=1S/C15H23NO3/c1-15(2,3)8-13(17)10-16-9-11-4-6-12(7-5-11)14(18)19/h4-7,13,16-17H,8-10H2,1-3H3,(H,18,19). The van der Waals surface area contributed by atoms with Gasteiger partial charge in [0, 0.05) is 13.1 Å². The number of carboxylic acid groups (broad SMARTS) is 1. The topological polar surface area (TPSA) is 69.6 Å². The fraction of sp³-hybridized carbons (Fsp3) is 0.533. The molecule has 1 aromatic rings. The number of rotatable bonds is 6. The van der Waals surface area contributed by atoms with Gasteiger partial charge in [-0.25, -0.2) is 4.79 Å². The van der Waals surface area contributed by atoms with Crippen LogP contribution in [0.4, 0.5) is 0 Å². The zero-order valence-electron chi connectivity index (χ0n) is 11.8. The van der Waals surface area contributed by atoms with Crippen molar-refractivity contribution in [1.82, 2.24) is 5.32 Å². The van der Waals surface area contributed by atoms with Gasteiger partial charge in [0.2, 0.25) is 0 Å². The molecule has 1 rings (SSSR count). The van der Waals surface area contributed by atoms with Gasteiger partial charge >= 0.3 is 5.97 Å². The number of aliphatic hydroxyl groups excluding tert-OH is 1. The molecule has 0 aliphatic heterocycles. The van der Waals surface area contributed by atoms with Crippen LogP contribution in [-0.2, 0) is 6.54 Å². The summed E-state index contributed by atoms with van der Waals surface area (Å²) in [4.78, 5) is 10.7. The molecule has 0 bridgehead atoms. The van der Waals surface area contributed by atoms with Gasteiger partial charge in [-0.2, -0.15) is 0 Å². The molecule has 0 saturated heterocycles. The van der Waals surface area contributed by atoms with Crippen molar-refractivity contribution in [3.05, 3.63) is 35.4 Å². The van der Waals surface area contributed by atoms with Crippen molar-refractivity contribution in [3.63, 3.8) is 0 Å². The highest BCUT2D eigenvalue weighted by molar-refractivity contribution is 5.87. The molecule has 0 saturated carbocycles. The van der Waals surface area contributed by atoms with Crippen molar-refractivity contribution in [2.24, 2.45) is 5.41 Å². The summed E-state index contributed by atoms with van der Waals surface area (Å²) in [6.07, 6.45) is 0.385. The van der Waals surface area contributed by atoms with Crippen molar-refractivity contribution in [1.29, 1.82) is 0 Å². The van der Waals surface area contributed by atoms with E-state index in [2.05, 4.69) is 26.1 Å².